The van der Waals surface area contributed by atoms with E-state index in [0.29, 0.717) is 0 Å². The average Bonchev–Trinajstić information content (AvgIpc) is 2.93. The van der Waals surface area contributed by atoms with Crippen molar-refractivity contribution < 1.29 is 0 Å². The fraction of sp³-hybridized carbons (Fsp3) is 0.909. The first kappa shape index (κ1) is 22.3. The van der Waals surface area contributed by atoms with Crippen LogP contribution in [-0.4, -0.2) is 50.6 Å². The molecule has 148 valence electrons. The second-order valence-electron chi connectivity index (χ2n) is 7.94. The SMILES string of the molecule is CCCCCCCCCCCCCCC(CNC)=C1N(C)CCN1C. The Morgan fingerprint density at radius 1 is 0.760 bits per heavy atom. The lowest BCUT2D eigenvalue weighted by molar-refractivity contribution is 0.406. The fourth-order valence-corrected chi connectivity index (χ4v) is 4.02. The maximum Gasteiger partial charge on any atom is 0.104 e. The number of hydrogen-bond acceptors (Lipinski definition) is 3. The molecule has 1 rings (SSSR count). The molecule has 1 saturated heterocycles. The Morgan fingerprint density at radius 2 is 1.20 bits per heavy atom. The van der Waals surface area contributed by atoms with Crippen LogP contribution in [-0.2, 0) is 0 Å². The van der Waals surface area contributed by atoms with Gasteiger partial charge in [-0.3, -0.25) is 0 Å². The van der Waals surface area contributed by atoms with Crippen LogP contribution in [0.3, 0.4) is 0 Å². The molecule has 25 heavy (non-hydrogen) atoms. The second kappa shape index (κ2) is 14.5. The molecule has 0 saturated carbocycles. The molecule has 1 N–H and O–H groups in total. The molecule has 3 heteroatoms. The smallest absolute Gasteiger partial charge is 0.104 e. The molecule has 0 spiro atoms. The number of hydrogen-bond donors (Lipinski definition) is 1. The Kier molecular flexibility index (Phi) is 12.9. The molecule has 1 fully saturated rings. The van der Waals surface area contributed by atoms with Crippen LogP contribution in [0.15, 0.2) is 11.4 Å². The Balaban J connectivity index is 2.06. The van der Waals surface area contributed by atoms with E-state index in [9.17, 15) is 0 Å². The monoisotopic (exact) mass is 351 g/mol. The van der Waals surface area contributed by atoms with Crippen molar-refractivity contribution in [3.05, 3.63) is 11.4 Å². The van der Waals surface area contributed by atoms with Crippen molar-refractivity contribution in [3.8, 4) is 0 Å². The van der Waals surface area contributed by atoms with E-state index < -0.39 is 0 Å². The van der Waals surface area contributed by atoms with Gasteiger partial charge in [0.1, 0.15) is 5.82 Å². The van der Waals surface area contributed by atoms with E-state index >= 15 is 0 Å². The summed E-state index contributed by atoms with van der Waals surface area (Å²) in [5.74, 6) is 1.47. The van der Waals surface area contributed by atoms with Gasteiger partial charge in [-0.25, -0.2) is 0 Å². The minimum Gasteiger partial charge on any atom is -0.360 e. The molecule has 1 aliphatic rings. The third kappa shape index (κ3) is 9.53. The minimum absolute atomic E-state index is 1.03. The van der Waals surface area contributed by atoms with Gasteiger partial charge in [0.15, 0.2) is 0 Å². The molecule has 1 heterocycles. The van der Waals surface area contributed by atoms with Crippen molar-refractivity contribution in [2.45, 2.75) is 90.4 Å². The molecule has 0 bridgehead atoms. The van der Waals surface area contributed by atoms with Crippen molar-refractivity contribution in [2.75, 3.05) is 40.8 Å². The molecule has 0 amide bonds. The Bertz CT molecular complexity index is 339. The summed E-state index contributed by atoms with van der Waals surface area (Å²) in [6.45, 7) is 5.65. The van der Waals surface area contributed by atoms with Gasteiger partial charge in [0.05, 0.1) is 0 Å². The Hall–Kier alpha value is -0.700. The fourth-order valence-electron chi connectivity index (χ4n) is 4.02. The molecular weight excluding hydrogens is 306 g/mol. The van der Waals surface area contributed by atoms with Crippen molar-refractivity contribution in [3.63, 3.8) is 0 Å². The van der Waals surface area contributed by atoms with Crippen molar-refractivity contribution in [1.82, 2.24) is 15.1 Å². The molecule has 0 atom stereocenters. The molecular formula is C22H45N3. The maximum atomic E-state index is 3.37. The summed E-state index contributed by atoms with van der Waals surface area (Å²) >= 11 is 0. The molecule has 0 radical (unpaired) electrons. The van der Waals surface area contributed by atoms with E-state index in [1.807, 2.05) is 0 Å². The summed E-state index contributed by atoms with van der Waals surface area (Å²) in [6, 6.07) is 0. The van der Waals surface area contributed by atoms with Gasteiger partial charge in [-0.15, -0.1) is 0 Å². The van der Waals surface area contributed by atoms with Crippen LogP contribution in [0.25, 0.3) is 0 Å². The van der Waals surface area contributed by atoms with E-state index in [2.05, 4.69) is 43.2 Å². The normalized spacial score (nSPS) is 14.6. The largest absolute Gasteiger partial charge is 0.360 e. The van der Waals surface area contributed by atoms with Gasteiger partial charge in [-0.05, 0) is 25.5 Å². The van der Waals surface area contributed by atoms with Crippen LogP contribution in [0.4, 0.5) is 0 Å². The van der Waals surface area contributed by atoms with Crippen molar-refractivity contribution in [1.29, 1.82) is 0 Å². The number of rotatable bonds is 15. The standard InChI is InChI=1S/C22H45N3/c1-5-6-7-8-9-10-11-12-13-14-15-16-17-21(20-23-2)22-24(3)18-19-25(22)4/h23H,5-20H2,1-4H3. The first-order valence-corrected chi connectivity index (χ1v) is 11.0. The van der Waals surface area contributed by atoms with Gasteiger partial charge < -0.3 is 15.1 Å². The summed E-state index contributed by atoms with van der Waals surface area (Å²) in [5, 5.41) is 3.37. The Labute approximate surface area is 158 Å². The highest BCUT2D eigenvalue weighted by molar-refractivity contribution is 5.16. The lowest BCUT2D eigenvalue weighted by Crippen LogP contribution is -2.23. The summed E-state index contributed by atoms with van der Waals surface area (Å²) in [5.41, 5.74) is 1.59. The molecule has 0 aliphatic carbocycles. The van der Waals surface area contributed by atoms with E-state index in [0.717, 1.165) is 19.6 Å². The molecule has 0 aromatic carbocycles. The van der Waals surface area contributed by atoms with Gasteiger partial charge >= 0.3 is 0 Å². The van der Waals surface area contributed by atoms with Crippen molar-refractivity contribution >= 4 is 0 Å². The maximum absolute atomic E-state index is 3.37. The molecule has 0 unspecified atom stereocenters. The van der Waals surface area contributed by atoms with Crippen LogP contribution in [0.1, 0.15) is 90.4 Å². The predicted octanol–water partition coefficient (Wildman–Crippen LogP) is 5.39. The number of likely N-dealkylation sites (N-methyl/N-ethyl adjacent to an activating group) is 3. The Morgan fingerprint density at radius 3 is 1.64 bits per heavy atom. The van der Waals surface area contributed by atoms with Crippen molar-refractivity contribution in [2.24, 2.45) is 0 Å². The summed E-state index contributed by atoms with van der Waals surface area (Å²) in [4.78, 5) is 4.85. The lowest BCUT2D eigenvalue weighted by Gasteiger charge is -2.23. The van der Waals surface area contributed by atoms with Gasteiger partial charge in [-0.2, -0.15) is 0 Å². The van der Waals surface area contributed by atoms with Crippen LogP contribution in [0.2, 0.25) is 0 Å². The van der Waals surface area contributed by atoms with Crippen LogP contribution in [0, 0.1) is 0 Å². The lowest BCUT2D eigenvalue weighted by atomic mass is 10.0. The van der Waals surface area contributed by atoms with Gasteiger partial charge in [0.25, 0.3) is 0 Å². The van der Waals surface area contributed by atoms with Gasteiger partial charge in [0, 0.05) is 33.7 Å². The molecule has 1 aliphatic heterocycles. The highest BCUT2D eigenvalue weighted by Gasteiger charge is 2.21. The van der Waals surface area contributed by atoms with E-state index in [1.54, 1.807) is 5.57 Å². The van der Waals surface area contributed by atoms with Gasteiger partial charge in [-0.1, -0.05) is 77.6 Å². The number of nitrogens with one attached hydrogen (secondary N) is 1. The topological polar surface area (TPSA) is 18.5 Å². The van der Waals surface area contributed by atoms with Crippen LogP contribution in [0.5, 0.6) is 0 Å². The first-order valence-electron chi connectivity index (χ1n) is 11.0. The zero-order valence-electron chi connectivity index (χ0n) is 17.7. The number of nitrogens with zero attached hydrogens (tertiary/aromatic N) is 2. The third-order valence-corrected chi connectivity index (χ3v) is 5.53. The molecule has 3 nitrogen and oxygen atoms in total. The van der Waals surface area contributed by atoms with Crippen LogP contribution < -0.4 is 5.32 Å². The summed E-state index contributed by atoms with van der Waals surface area (Å²) in [6.07, 6.45) is 18.4. The average molecular weight is 352 g/mol. The minimum atomic E-state index is 1.03. The summed E-state index contributed by atoms with van der Waals surface area (Å²) < 4.78 is 0. The molecule has 0 aromatic heterocycles. The molecule has 0 aromatic rings. The quantitative estimate of drug-likeness (QED) is 0.399. The highest BCUT2D eigenvalue weighted by Crippen LogP contribution is 2.22. The first-order chi connectivity index (χ1) is 12.2. The highest BCUT2D eigenvalue weighted by atomic mass is 15.4. The van der Waals surface area contributed by atoms with E-state index in [4.69, 9.17) is 0 Å². The predicted molar refractivity (Wildman–Crippen MR) is 112 cm³/mol. The zero-order valence-corrected chi connectivity index (χ0v) is 17.7. The second-order valence-corrected chi connectivity index (χ2v) is 7.94. The van der Waals surface area contributed by atoms with E-state index in [-0.39, 0.29) is 0 Å². The number of unbranched alkanes of at least 4 members (excludes halogenated alkanes) is 11. The van der Waals surface area contributed by atoms with E-state index in [1.165, 1.54) is 89.3 Å². The van der Waals surface area contributed by atoms with Crippen LogP contribution >= 0.6 is 0 Å². The third-order valence-electron chi connectivity index (χ3n) is 5.53. The van der Waals surface area contributed by atoms with Gasteiger partial charge in [0.2, 0.25) is 0 Å². The summed E-state index contributed by atoms with van der Waals surface area (Å²) in [7, 11) is 6.53. The zero-order chi connectivity index (χ0) is 18.3.